The number of pyridine rings is 2. The van der Waals surface area contributed by atoms with E-state index in [-0.39, 0.29) is 38.0 Å². The molecule has 1 N–H and O–H groups in total. The topological polar surface area (TPSA) is 113 Å². The fraction of sp³-hybridized carbons (Fsp3) is 0.182. The molecule has 2 heterocycles. The van der Waals surface area contributed by atoms with E-state index in [1.54, 1.807) is 12.1 Å². The number of ketones is 1. The zero-order valence-electron chi connectivity index (χ0n) is 17.0. The molecule has 0 aliphatic carbocycles. The summed E-state index contributed by atoms with van der Waals surface area (Å²) in [6.45, 7) is 6.09. The first-order valence-corrected chi connectivity index (χ1v) is 11.1. The van der Waals surface area contributed by atoms with Crippen LogP contribution in [0.3, 0.4) is 0 Å². The highest BCUT2D eigenvalue weighted by molar-refractivity contribution is 7.92. The van der Waals surface area contributed by atoms with Gasteiger partial charge in [0.15, 0.2) is 0 Å². The van der Waals surface area contributed by atoms with Gasteiger partial charge in [0.2, 0.25) is 5.78 Å². The molecule has 0 spiro atoms. The molecule has 0 aliphatic rings. The van der Waals surface area contributed by atoms with Crippen LogP contribution in [0.4, 0.5) is 5.69 Å². The largest absolute Gasteiger partial charge is 0.287 e. The Kier molecular flexibility index (Phi) is 6.11. The summed E-state index contributed by atoms with van der Waals surface area (Å²) in [5.74, 6) is -0.561. The van der Waals surface area contributed by atoms with Gasteiger partial charge in [-0.3, -0.25) is 9.52 Å². The second-order valence-corrected chi connectivity index (χ2v) is 9.92. The quantitative estimate of drug-likeness (QED) is 0.574. The lowest BCUT2D eigenvalue weighted by Crippen LogP contribution is -2.18. The van der Waals surface area contributed by atoms with Crippen LogP contribution in [-0.2, 0) is 15.4 Å². The number of nitrogens with one attached hydrogen (secondary N) is 1. The van der Waals surface area contributed by atoms with Crippen LogP contribution in [0.2, 0.25) is 5.02 Å². The molecule has 3 aromatic rings. The van der Waals surface area contributed by atoms with Gasteiger partial charge in [0.05, 0.1) is 15.6 Å². The predicted octanol–water partition coefficient (Wildman–Crippen LogP) is 4.33. The van der Waals surface area contributed by atoms with Crippen molar-refractivity contribution < 1.29 is 13.2 Å². The summed E-state index contributed by atoms with van der Waals surface area (Å²) in [5, 5.41) is 9.02. The molecule has 0 saturated heterocycles. The van der Waals surface area contributed by atoms with Gasteiger partial charge in [-0.15, -0.1) is 0 Å². The third-order valence-corrected chi connectivity index (χ3v) is 6.07. The molecule has 1 aromatic carbocycles. The van der Waals surface area contributed by atoms with E-state index in [1.165, 1.54) is 42.7 Å². The minimum Gasteiger partial charge on any atom is -0.287 e. The molecule has 9 heteroatoms. The Labute approximate surface area is 185 Å². The van der Waals surface area contributed by atoms with Crippen molar-refractivity contribution in [2.45, 2.75) is 31.1 Å². The number of aromatic nitrogens is 2. The lowest BCUT2D eigenvalue weighted by atomic mass is 9.87. The normalized spacial score (nSPS) is 11.6. The third kappa shape index (κ3) is 5.08. The van der Waals surface area contributed by atoms with Gasteiger partial charge in [-0.05, 0) is 41.3 Å². The van der Waals surface area contributed by atoms with Gasteiger partial charge in [0.1, 0.15) is 17.5 Å². The van der Waals surface area contributed by atoms with Gasteiger partial charge in [-0.2, -0.15) is 5.26 Å². The lowest BCUT2D eigenvalue weighted by molar-refractivity contribution is 0.103. The number of carbonyl (C=O) groups is 1. The highest BCUT2D eigenvalue weighted by atomic mass is 35.5. The van der Waals surface area contributed by atoms with E-state index in [2.05, 4.69) is 14.7 Å². The number of carbonyl (C=O) groups excluding carboxylic acids is 1. The Morgan fingerprint density at radius 2 is 1.74 bits per heavy atom. The van der Waals surface area contributed by atoms with Crippen molar-refractivity contribution in [2.75, 3.05) is 4.72 Å². The maximum atomic E-state index is 12.9. The SMILES string of the molecule is CC(C)(C)c1ccc(S(=O)(=O)Nc2cc(Cl)cnc2C(=O)c2ccc(C#N)nc2)cc1. The zero-order valence-corrected chi connectivity index (χ0v) is 18.6. The van der Waals surface area contributed by atoms with E-state index in [4.69, 9.17) is 16.9 Å². The first-order chi connectivity index (χ1) is 14.5. The van der Waals surface area contributed by atoms with Crippen LogP contribution in [0.25, 0.3) is 0 Å². The molecule has 7 nitrogen and oxygen atoms in total. The molecule has 0 bridgehead atoms. The van der Waals surface area contributed by atoms with E-state index >= 15 is 0 Å². The predicted molar refractivity (Wildman–Crippen MR) is 118 cm³/mol. The fourth-order valence-corrected chi connectivity index (χ4v) is 3.98. The number of hydrogen-bond acceptors (Lipinski definition) is 6. The number of rotatable bonds is 5. The summed E-state index contributed by atoms with van der Waals surface area (Å²) in [4.78, 5) is 20.8. The Morgan fingerprint density at radius 1 is 1.06 bits per heavy atom. The maximum absolute atomic E-state index is 12.9. The first-order valence-electron chi connectivity index (χ1n) is 9.21. The van der Waals surface area contributed by atoms with E-state index in [0.29, 0.717) is 0 Å². The standard InChI is InChI=1S/C22H19ClN4O3S/c1-22(2,3)15-5-8-18(9-6-15)31(29,30)27-19-10-16(23)13-26-20(19)21(28)14-4-7-17(11-24)25-12-14/h4-10,12-13,27H,1-3H3. The first kappa shape index (κ1) is 22.4. The van der Waals surface area contributed by atoms with Crippen LogP contribution in [0.1, 0.15) is 48.1 Å². The van der Waals surface area contributed by atoms with Gasteiger partial charge in [-0.25, -0.2) is 18.4 Å². The Balaban J connectivity index is 1.96. The van der Waals surface area contributed by atoms with Crippen LogP contribution in [-0.4, -0.2) is 24.2 Å². The average Bonchev–Trinajstić information content (AvgIpc) is 2.73. The van der Waals surface area contributed by atoms with Gasteiger partial charge in [-0.1, -0.05) is 44.5 Å². The molecule has 3 rings (SSSR count). The van der Waals surface area contributed by atoms with Gasteiger partial charge in [0, 0.05) is 18.0 Å². The molecule has 0 saturated carbocycles. The fourth-order valence-electron chi connectivity index (χ4n) is 2.77. The van der Waals surface area contributed by atoms with Crippen molar-refractivity contribution in [3.63, 3.8) is 0 Å². The highest BCUT2D eigenvalue weighted by Crippen LogP contribution is 2.27. The summed E-state index contributed by atoms with van der Waals surface area (Å²) in [6.07, 6.45) is 2.49. The monoisotopic (exact) mass is 454 g/mol. The van der Waals surface area contributed by atoms with E-state index in [0.717, 1.165) is 5.56 Å². The summed E-state index contributed by atoms with van der Waals surface area (Å²) < 4.78 is 28.3. The number of sulfonamides is 1. The molecule has 2 aromatic heterocycles. The van der Waals surface area contributed by atoms with Crippen LogP contribution < -0.4 is 4.72 Å². The maximum Gasteiger partial charge on any atom is 0.261 e. The van der Waals surface area contributed by atoms with Crippen molar-refractivity contribution in [1.29, 1.82) is 5.26 Å². The Hall–Kier alpha value is -3.28. The summed E-state index contributed by atoms with van der Waals surface area (Å²) >= 11 is 6.00. The summed E-state index contributed by atoms with van der Waals surface area (Å²) in [5.41, 5.74) is 0.984. The molecule has 0 unspecified atom stereocenters. The molecule has 0 fully saturated rings. The third-order valence-electron chi connectivity index (χ3n) is 4.48. The Bertz CT molecular complexity index is 1270. The van der Waals surface area contributed by atoms with Crippen LogP contribution in [0, 0.1) is 11.3 Å². The highest BCUT2D eigenvalue weighted by Gasteiger charge is 2.22. The van der Waals surface area contributed by atoms with E-state index in [1.807, 2.05) is 26.8 Å². The van der Waals surface area contributed by atoms with Gasteiger partial charge >= 0.3 is 0 Å². The van der Waals surface area contributed by atoms with Crippen LogP contribution in [0.15, 0.2) is 59.8 Å². The minimum atomic E-state index is -4.00. The number of halogens is 1. The second-order valence-electron chi connectivity index (χ2n) is 7.80. The zero-order chi connectivity index (χ0) is 22.8. The van der Waals surface area contributed by atoms with Crippen LogP contribution in [0.5, 0.6) is 0 Å². The second kappa shape index (κ2) is 8.46. The number of anilines is 1. The molecule has 0 aliphatic heterocycles. The molecule has 0 amide bonds. The van der Waals surface area contributed by atoms with Crippen molar-refractivity contribution in [1.82, 2.24) is 9.97 Å². The molecule has 158 valence electrons. The van der Waals surface area contributed by atoms with E-state index < -0.39 is 15.8 Å². The number of nitriles is 1. The minimum absolute atomic E-state index is 0.0407. The smallest absolute Gasteiger partial charge is 0.261 e. The van der Waals surface area contributed by atoms with Gasteiger partial charge in [0.25, 0.3) is 10.0 Å². The molecule has 0 radical (unpaired) electrons. The van der Waals surface area contributed by atoms with Crippen molar-refractivity contribution in [3.8, 4) is 6.07 Å². The molecular weight excluding hydrogens is 436 g/mol. The van der Waals surface area contributed by atoms with Gasteiger partial charge < -0.3 is 0 Å². The number of hydrogen-bond donors (Lipinski definition) is 1. The number of nitrogens with zero attached hydrogens (tertiary/aromatic N) is 3. The molecular formula is C22H19ClN4O3S. The molecule has 31 heavy (non-hydrogen) atoms. The van der Waals surface area contributed by atoms with Crippen molar-refractivity contribution in [3.05, 3.63) is 82.4 Å². The van der Waals surface area contributed by atoms with Crippen LogP contribution >= 0.6 is 11.6 Å². The lowest BCUT2D eigenvalue weighted by Gasteiger charge is -2.19. The number of benzene rings is 1. The Morgan fingerprint density at radius 3 is 2.29 bits per heavy atom. The average molecular weight is 455 g/mol. The summed E-state index contributed by atoms with van der Waals surface area (Å²) in [7, 11) is -4.00. The van der Waals surface area contributed by atoms with Crippen molar-refractivity contribution >= 4 is 33.1 Å². The van der Waals surface area contributed by atoms with Crippen molar-refractivity contribution in [2.24, 2.45) is 0 Å². The summed E-state index contributed by atoms with van der Waals surface area (Å²) in [6, 6.07) is 12.5. The van der Waals surface area contributed by atoms with E-state index in [9.17, 15) is 13.2 Å². The molecule has 0 atom stereocenters.